The van der Waals surface area contributed by atoms with Crippen LogP contribution in [0.15, 0.2) is 12.1 Å². The minimum absolute atomic E-state index is 0.600. The highest BCUT2D eigenvalue weighted by atomic mass is 15.2. The Balaban J connectivity index is 2.22. The number of aryl methyl sites for hydroxylation is 1. The molecule has 0 aromatic carbocycles. The summed E-state index contributed by atoms with van der Waals surface area (Å²) < 4.78 is 0. The van der Waals surface area contributed by atoms with Crippen LogP contribution in [0.3, 0.4) is 0 Å². The maximum Gasteiger partial charge on any atom is 0.129 e. The van der Waals surface area contributed by atoms with Crippen LogP contribution in [0.1, 0.15) is 38.4 Å². The summed E-state index contributed by atoms with van der Waals surface area (Å²) in [5, 5.41) is 0. The summed E-state index contributed by atoms with van der Waals surface area (Å²) in [7, 11) is 0. The maximum absolute atomic E-state index is 5.77. The largest absolute Gasteiger partial charge is 0.356 e. The van der Waals surface area contributed by atoms with Gasteiger partial charge < -0.3 is 10.6 Å². The van der Waals surface area contributed by atoms with Gasteiger partial charge in [0.2, 0.25) is 0 Å². The van der Waals surface area contributed by atoms with E-state index < -0.39 is 0 Å². The topological polar surface area (TPSA) is 42.1 Å². The molecular formula is C15H25N3. The SMILES string of the molecule is CCc1cc(CN)cc(N2CCC(C)C(C)C2)n1. The molecule has 18 heavy (non-hydrogen) atoms. The Morgan fingerprint density at radius 2 is 2.11 bits per heavy atom. The molecule has 2 heterocycles. The molecule has 0 spiro atoms. The van der Waals surface area contributed by atoms with Crippen molar-refractivity contribution < 1.29 is 0 Å². The highest BCUT2D eigenvalue weighted by Crippen LogP contribution is 2.26. The van der Waals surface area contributed by atoms with Gasteiger partial charge in [0.05, 0.1) is 0 Å². The van der Waals surface area contributed by atoms with Crippen molar-refractivity contribution in [2.75, 3.05) is 18.0 Å². The predicted molar refractivity (Wildman–Crippen MR) is 76.7 cm³/mol. The first kappa shape index (κ1) is 13.3. The van der Waals surface area contributed by atoms with E-state index in [9.17, 15) is 0 Å². The number of anilines is 1. The summed E-state index contributed by atoms with van der Waals surface area (Å²) in [4.78, 5) is 7.17. The fourth-order valence-corrected chi connectivity index (χ4v) is 2.57. The molecule has 1 fully saturated rings. The van der Waals surface area contributed by atoms with Crippen LogP contribution in [0.25, 0.3) is 0 Å². The molecule has 1 saturated heterocycles. The van der Waals surface area contributed by atoms with Crippen LogP contribution >= 0.6 is 0 Å². The van der Waals surface area contributed by atoms with Gasteiger partial charge in [0.1, 0.15) is 5.82 Å². The van der Waals surface area contributed by atoms with Crippen LogP contribution in [0.5, 0.6) is 0 Å². The van der Waals surface area contributed by atoms with E-state index in [0.717, 1.165) is 42.9 Å². The molecule has 0 saturated carbocycles. The molecule has 2 atom stereocenters. The Kier molecular flexibility index (Phi) is 4.23. The molecule has 3 nitrogen and oxygen atoms in total. The highest BCUT2D eigenvalue weighted by molar-refractivity contribution is 5.43. The smallest absolute Gasteiger partial charge is 0.129 e. The molecule has 1 aliphatic rings. The lowest BCUT2D eigenvalue weighted by Gasteiger charge is -2.36. The number of aromatic nitrogens is 1. The fourth-order valence-electron chi connectivity index (χ4n) is 2.57. The molecule has 0 radical (unpaired) electrons. The zero-order valence-corrected chi connectivity index (χ0v) is 11.8. The van der Waals surface area contributed by atoms with E-state index in [-0.39, 0.29) is 0 Å². The van der Waals surface area contributed by atoms with Gasteiger partial charge in [-0.1, -0.05) is 20.8 Å². The van der Waals surface area contributed by atoms with E-state index in [1.807, 2.05) is 0 Å². The summed E-state index contributed by atoms with van der Waals surface area (Å²) in [6.07, 6.45) is 2.23. The minimum Gasteiger partial charge on any atom is -0.356 e. The van der Waals surface area contributed by atoms with Crippen molar-refractivity contribution in [2.24, 2.45) is 17.6 Å². The van der Waals surface area contributed by atoms with Gasteiger partial charge in [-0.3, -0.25) is 0 Å². The third-order valence-corrected chi connectivity index (χ3v) is 4.18. The van der Waals surface area contributed by atoms with Crippen molar-refractivity contribution in [1.82, 2.24) is 4.98 Å². The van der Waals surface area contributed by atoms with Gasteiger partial charge in [-0.25, -0.2) is 4.98 Å². The number of piperidine rings is 1. The summed E-state index contributed by atoms with van der Waals surface area (Å²) >= 11 is 0. The van der Waals surface area contributed by atoms with Crippen molar-refractivity contribution in [1.29, 1.82) is 0 Å². The number of nitrogens with two attached hydrogens (primary N) is 1. The van der Waals surface area contributed by atoms with Gasteiger partial charge in [-0.15, -0.1) is 0 Å². The fraction of sp³-hybridized carbons (Fsp3) is 0.667. The van der Waals surface area contributed by atoms with Crippen LogP contribution in [0, 0.1) is 11.8 Å². The standard InChI is InChI=1S/C15H25N3/c1-4-14-7-13(9-16)8-15(17-14)18-6-5-11(2)12(3)10-18/h7-8,11-12H,4-6,9-10,16H2,1-3H3. The third-order valence-electron chi connectivity index (χ3n) is 4.18. The second-order valence-electron chi connectivity index (χ2n) is 5.57. The quantitative estimate of drug-likeness (QED) is 0.892. The van der Waals surface area contributed by atoms with Gasteiger partial charge in [0, 0.05) is 25.3 Å². The number of rotatable bonds is 3. The summed E-state index contributed by atoms with van der Waals surface area (Å²) in [6.45, 7) is 9.67. The van der Waals surface area contributed by atoms with Crippen LogP contribution in [0.4, 0.5) is 5.82 Å². The molecular weight excluding hydrogens is 222 g/mol. The maximum atomic E-state index is 5.77. The van der Waals surface area contributed by atoms with Crippen LogP contribution in [-0.2, 0) is 13.0 Å². The normalized spacial score (nSPS) is 24.3. The molecule has 0 bridgehead atoms. The second kappa shape index (κ2) is 5.70. The second-order valence-corrected chi connectivity index (χ2v) is 5.57. The van der Waals surface area contributed by atoms with E-state index >= 15 is 0 Å². The van der Waals surface area contributed by atoms with Gasteiger partial charge in [-0.05, 0) is 42.4 Å². The zero-order valence-electron chi connectivity index (χ0n) is 11.8. The molecule has 0 amide bonds. The molecule has 2 rings (SSSR count). The van der Waals surface area contributed by atoms with Gasteiger partial charge in [-0.2, -0.15) is 0 Å². The first-order valence-electron chi connectivity index (χ1n) is 7.08. The van der Waals surface area contributed by atoms with Crippen molar-refractivity contribution in [2.45, 2.75) is 40.2 Å². The van der Waals surface area contributed by atoms with E-state index in [0.29, 0.717) is 6.54 Å². The average molecular weight is 247 g/mol. The van der Waals surface area contributed by atoms with Crippen LogP contribution in [0.2, 0.25) is 0 Å². The van der Waals surface area contributed by atoms with E-state index in [2.05, 4.69) is 37.8 Å². The number of pyridine rings is 1. The molecule has 100 valence electrons. The van der Waals surface area contributed by atoms with Crippen LogP contribution in [-0.4, -0.2) is 18.1 Å². The first-order valence-corrected chi connectivity index (χ1v) is 7.08. The van der Waals surface area contributed by atoms with Crippen molar-refractivity contribution in [3.63, 3.8) is 0 Å². The summed E-state index contributed by atoms with van der Waals surface area (Å²) in [6, 6.07) is 4.28. The van der Waals surface area contributed by atoms with E-state index in [1.54, 1.807) is 0 Å². The van der Waals surface area contributed by atoms with Gasteiger partial charge in [0.15, 0.2) is 0 Å². The molecule has 1 aromatic rings. The van der Waals surface area contributed by atoms with E-state index in [1.165, 1.54) is 12.0 Å². The van der Waals surface area contributed by atoms with Crippen molar-refractivity contribution in [3.05, 3.63) is 23.4 Å². The lowest BCUT2D eigenvalue weighted by Crippen LogP contribution is -2.39. The van der Waals surface area contributed by atoms with Crippen molar-refractivity contribution in [3.8, 4) is 0 Å². The lowest BCUT2D eigenvalue weighted by atomic mass is 9.88. The molecule has 1 aliphatic heterocycles. The van der Waals surface area contributed by atoms with Gasteiger partial charge in [0.25, 0.3) is 0 Å². The summed E-state index contributed by atoms with van der Waals surface area (Å²) in [5.41, 5.74) is 8.12. The Morgan fingerprint density at radius 3 is 2.72 bits per heavy atom. The predicted octanol–water partition coefficient (Wildman–Crippen LogP) is 2.59. The lowest BCUT2D eigenvalue weighted by molar-refractivity contribution is 0.322. The number of hydrogen-bond donors (Lipinski definition) is 1. The summed E-state index contributed by atoms with van der Waals surface area (Å²) in [5.74, 6) is 2.69. The third kappa shape index (κ3) is 2.83. The van der Waals surface area contributed by atoms with Gasteiger partial charge >= 0.3 is 0 Å². The first-order chi connectivity index (χ1) is 8.63. The molecule has 3 heteroatoms. The molecule has 2 unspecified atom stereocenters. The highest BCUT2D eigenvalue weighted by Gasteiger charge is 2.23. The number of nitrogens with zero attached hydrogens (tertiary/aromatic N) is 2. The Morgan fingerprint density at radius 1 is 1.33 bits per heavy atom. The molecule has 0 aliphatic carbocycles. The molecule has 2 N–H and O–H groups in total. The Hall–Kier alpha value is -1.09. The minimum atomic E-state index is 0.600. The molecule has 1 aromatic heterocycles. The number of hydrogen-bond acceptors (Lipinski definition) is 3. The van der Waals surface area contributed by atoms with Crippen molar-refractivity contribution >= 4 is 5.82 Å². The zero-order chi connectivity index (χ0) is 13.1. The van der Waals surface area contributed by atoms with E-state index in [4.69, 9.17) is 10.7 Å². The van der Waals surface area contributed by atoms with Crippen LogP contribution < -0.4 is 10.6 Å². The Bertz CT molecular complexity index is 380. The Labute approximate surface area is 110 Å². The monoisotopic (exact) mass is 247 g/mol. The average Bonchev–Trinajstić information content (AvgIpc) is 2.41.